The lowest BCUT2D eigenvalue weighted by Crippen LogP contribution is -2.14. The summed E-state index contributed by atoms with van der Waals surface area (Å²) in [5.41, 5.74) is 1.57. The predicted octanol–water partition coefficient (Wildman–Crippen LogP) is 6.42. The second-order valence-corrected chi connectivity index (χ2v) is 7.95. The maximum Gasteiger partial charge on any atom is 0.226 e. The molecule has 2 aromatic rings. The fourth-order valence-corrected chi connectivity index (χ4v) is 4.38. The molecule has 1 N–H and O–H groups in total. The van der Waals surface area contributed by atoms with Crippen LogP contribution in [0.25, 0.3) is 11.3 Å². The second kappa shape index (κ2) is 8.32. The molecule has 0 spiro atoms. The van der Waals surface area contributed by atoms with Gasteiger partial charge in [0.15, 0.2) is 5.13 Å². The molecule has 1 saturated carbocycles. The Labute approximate surface area is 156 Å². The number of halogens is 2. The van der Waals surface area contributed by atoms with Gasteiger partial charge in [0.2, 0.25) is 5.91 Å². The summed E-state index contributed by atoms with van der Waals surface area (Å²) in [7, 11) is 0. The summed E-state index contributed by atoms with van der Waals surface area (Å²) in [5, 5.41) is 6.56. The third kappa shape index (κ3) is 4.71. The molecule has 1 aliphatic rings. The third-order valence-electron chi connectivity index (χ3n) is 4.46. The van der Waals surface area contributed by atoms with E-state index in [1.54, 1.807) is 12.1 Å². The van der Waals surface area contributed by atoms with E-state index < -0.39 is 0 Å². The lowest BCUT2D eigenvalue weighted by atomic mass is 9.86. The van der Waals surface area contributed by atoms with Gasteiger partial charge >= 0.3 is 0 Å². The van der Waals surface area contributed by atoms with Gasteiger partial charge in [0.1, 0.15) is 0 Å². The number of hydrogen-bond acceptors (Lipinski definition) is 3. The molecule has 0 unspecified atom stereocenters. The van der Waals surface area contributed by atoms with Crippen molar-refractivity contribution in [3.63, 3.8) is 0 Å². The highest BCUT2D eigenvalue weighted by molar-refractivity contribution is 7.14. The normalized spacial score (nSPS) is 15.4. The molecule has 128 valence electrons. The van der Waals surface area contributed by atoms with Gasteiger partial charge in [0.25, 0.3) is 0 Å². The van der Waals surface area contributed by atoms with Crippen molar-refractivity contribution in [2.45, 2.75) is 44.9 Å². The van der Waals surface area contributed by atoms with E-state index in [1.165, 1.54) is 43.4 Å². The van der Waals surface area contributed by atoms with Gasteiger partial charge in [-0.1, -0.05) is 55.3 Å². The summed E-state index contributed by atoms with van der Waals surface area (Å²) in [6.45, 7) is 0. The Kier molecular flexibility index (Phi) is 6.14. The predicted molar refractivity (Wildman–Crippen MR) is 102 cm³/mol. The van der Waals surface area contributed by atoms with Gasteiger partial charge < -0.3 is 5.32 Å². The standard InChI is InChI=1S/C18H20Cl2N2OS/c19-13-7-8-14(15(20)10-13)16-11-24-18(21-16)22-17(23)9-6-12-4-2-1-3-5-12/h7-8,10-12H,1-6,9H2,(H,21,22,23). The number of nitrogens with one attached hydrogen (secondary N) is 1. The Bertz CT molecular complexity index is 711. The van der Waals surface area contributed by atoms with Crippen LogP contribution in [0.3, 0.4) is 0 Å². The van der Waals surface area contributed by atoms with Crippen molar-refractivity contribution in [3.8, 4) is 11.3 Å². The van der Waals surface area contributed by atoms with Crippen LogP contribution < -0.4 is 5.32 Å². The zero-order valence-electron chi connectivity index (χ0n) is 13.4. The fourth-order valence-electron chi connectivity index (χ4n) is 3.14. The van der Waals surface area contributed by atoms with Crippen LogP contribution in [0.5, 0.6) is 0 Å². The van der Waals surface area contributed by atoms with Crippen LogP contribution in [0, 0.1) is 5.92 Å². The van der Waals surface area contributed by atoms with Gasteiger partial charge in [-0.2, -0.15) is 0 Å². The number of carbonyl (C=O) groups is 1. The quantitative estimate of drug-likeness (QED) is 0.648. The molecular formula is C18H20Cl2N2OS. The van der Waals surface area contributed by atoms with E-state index in [4.69, 9.17) is 23.2 Å². The average Bonchev–Trinajstić information content (AvgIpc) is 3.02. The van der Waals surface area contributed by atoms with Crippen LogP contribution in [0.15, 0.2) is 23.6 Å². The molecule has 0 radical (unpaired) electrons. The van der Waals surface area contributed by atoms with Crippen molar-refractivity contribution in [3.05, 3.63) is 33.6 Å². The number of nitrogens with zero attached hydrogens (tertiary/aromatic N) is 1. The summed E-state index contributed by atoms with van der Waals surface area (Å²) in [6, 6.07) is 5.32. The molecule has 1 aliphatic carbocycles. The summed E-state index contributed by atoms with van der Waals surface area (Å²) >= 11 is 13.5. The molecule has 1 amide bonds. The van der Waals surface area contributed by atoms with Crippen LogP contribution in [-0.2, 0) is 4.79 Å². The molecule has 1 aromatic heterocycles. The van der Waals surface area contributed by atoms with Crippen LogP contribution in [0.1, 0.15) is 44.9 Å². The van der Waals surface area contributed by atoms with Gasteiger partial charge in [-0.3, -0.25) is 4.79 Å². The summed E-state index contributed by atoms with van der Waals surface area (Å²) in [6.07, 6.45) is 8.05. The van der Waals surface area contributed by atoms with Gasteiger partial charge in [-0.15, -0.1) is 11.3 Å². The highest BCUT2D eigenvalue weighted by Crippen LogP contribution is 2.32. The topological polar surface area (TPSA) is 42.0 Å². The molecule has 0 bridgehead atoms. The van der Waals surface area contributed by atoms with E-state index in [0.29, 0.717) is 27.5 Å². The zero-order valence-corrected chi connectivity index (χ0v) is 15.7. The van der Waals surface area contributed by atoms with Gasteiger partial charge in [-0.25, -0.2) is 4.98 Å². The van der Waals surface area contributed by atoms with E-state index in [0.717, 1.165) is 17.7 Å². The van der Waals surface area contributed by atoms with Crippen molar-refractivity contribution in [1.29, 1.82) is 0 Å². The van der Waals surface area contributed by atoms with Crippen LogP contribution >= 0.6 is 34.5 Å². The van der Waals surface area contributed by atoms with E-state index in [2.05, 4.69) is 10.3 Å². The Balaban J connectivity index is 1.56. The highest BCUT2D eigenvalue weighted by atomic mass is 35.5. The maximum absolute atomic E-state index is 12.1. The number of hydrogen-bond donors (Lipinski definition) is 1. The van der Waals surface area contributed by atoms with Gasteiger partial charge in [0, 0.05) is 22.4 Å². The lowest BCUT2D eigenvalue weighted by molar-refractivity contribution is -0.116. The minimum atomic E-state index is 0.0451. The molecule has 3 nitrogen and oxygen atoms in total. The average molecular weight is 383 g/mol. The monoisotopic (exact) mass is 382 g/mol. The van der Waals surface area contributed by atoms with Gasteiger partial charge in [-0.05, 0) is 30.5 Å². The smallest absolute Gasteiger partial charge is 0.226 e. The number of aromatic nitrogens is 1. The number of benzene rings is 1. The first-order chi connectivity index (χ1) is 11.6. The molecule has 0 saturated heterocycles. The Morgan fingerprint density at radius 1 is 1.25 bits per heavy atom. The van der Waals surface area contributed by atoms with Crippen molar-refractivity contribution >= 4 is 45.6 Å². The van der Waals surface area contributed by atoms with Crippen molar-refractivity contribution in [2.24, 2.45) is 5.92 Å². The maximum atomic E-state index is 12.1. The lowest BCUT2D eigenvalue weighted by Gasteiger charge is -2.20. The molecule has 0 atom stereocenters. The second-order valence-electron chi connectivity index (χ2n) is 6.25. The molecule has 0 aliphatic heterocycles. The highest BCUT2D eigenvalue weighted by Gasteiger charge is 2.16. The minimum Gasteiger partial charge on any atom is -0.302 e. The first-order valence-electron chi connectivity index (χ1n) is 8.32. The van der Waals surface area contributed by atoms with E-state index in [9.17, 15) is 4.79 Å². The van der Waals surface area contributed by atoms with E-state index in [1.807, 2.05) is 11.4 Å². The number of rotatable bonds is 5. The molecule has 24 heavy (non-hydrogen) atoms. The molecular weight excluding hydrogens is 363 g/mol. The largest absolute Gasteiger partial charge is 0.302 e. The Morgan fingerprint density at radius 2 is 2.04 bits per heavy atom. The molecule has 1 fully saturated rings. The fraction of sp³-hybridized carbons (Fsp3) is 0.444. The first kappa shape index (κ1) is 17.7. The van der Waals surface area contributed by atoms with Crippen LogP contribution in [-0.4, -0.2) is 10.9 Å². The summed E-state index contributed by atoms with van der Waals surface area (Å²) in [4.78, 5) is 16.6. The number of carbonyl (C=O) groups excluding carboxylic acids is 1. The van der Waals surface area contributed by atoms with Crippen LogP contribution in [0.4, 0.5) is 5.13 Å². The number of amides is 1. The molecule has 3 rings (SSSR count). The van der Waals surface area contributed by atoms with E-state index >= 15 is 0 Å². The zero-order chi connectivity index (χ0) is 16.9. The molecule has 1 aromatic carbocycles. The SMILES string of the molecule is O=C(CCC1CCCCC1)Nc1nc(-c2ccc(Cl)cc2Cl)cs1. The first-order valence-corrected chi connectivity index (χ1v) is 9.96. The van der Waals surface area contributed by atoms with Crippen LogP contribution in [0.2, 0.25) is 10.0 Å². The van der Waals surface area contributed by atoms with Crippen molar-refractivity contribution in [2.75, 3.05) is 5.32 Å². The minimum absolute atomic E-state index is 0.0451. The number of thiazole rings is 1. The Morgan fingerprint density at radius 3 is 2.79 bits per heavy atom. The molecule has 1 heterocycles. The summed E-state index contributed by atoms with van der Waals surface area (Å²) in [5.74, 6) is 0.757. The van der Waals surface area contributed by atoms with Crippen molar-refractivity contribution < 1.29 is 4.79 Å². The van der Waals surface area contributed by atoms with Gasteiger partial charge in [0.05, 0.1) is 10.7 Å². The third-order valence-corrected chi connectivity index (χ3v) is 5.77. The molecule has 6 heteroatoms. The summed E-state index contributed by atoms with van der Waals surface area (Å²) < 4.78 is 0. The Hall–Kier alpha value is -1.10. The number of anilines is 1. The van der Waals surface area contributed by atoms with Crippen molar-refractivity contribution in [1.82, 2.24) is 4.98 Å². The van der Waals surface area contributed by atoms with E-state index in [-0.39, 0.29) is 5.91 Å².